The lowest BCUT2D eigenvalue weighted by atomic mass is 9.85. The van der Waals surface area contributed by atoms with Gasteiger partial charge in [-0.05, 0) is 49.9 Å². The molecule has 0 bridgehead atoms. The average molecular weight is 257 g/mol. The number of nitrogens with one attached hydrogen (secondary N) is 1. The predicted molar refractivity (Wildman–Crippen MR) is 65.4 cm³/mol. The highest BCUT2D eigenvalue weighted by Gasteiger charge is 2.45. The summed E-state index contributed by atoms with van der Waals surface area (Å²) in [4.78, 5) is 0. The molecule has 1 aliphatic heterocycles. The second-order valence-electron chi connectivity index (χ2n) is 5.07. The van der Waals surface area contributed by atoms with Crippen molar-refractivity contribution in [2.75, 3.05) is 6.54 Å². The third-order valence-electron chi connectivity index (χ3n) is 3.77. The zero-order chi connectivity index (χ0) is 13.3. The highest BCUT2D eigenvalue weighted by molar-refractivity contribution is 5.32. The van der Waals surface area contributed by atoms with E-state index >= 15 is 0 Å². The van der Waals surface area contributed by atoms with Crippen LogP contribution in [0.15, 0.2) is 18.2 Å². The summed E-state index contributed by atoms with van der Waals surface area (Å²) in [5.41, 5.74) is 2.90. The van der Waals surface area contributed by atoms with Crippen molar-refractivity contribution < 1.29 is 13.2 Å². The van der Waals surface area contributed by atoms with Crippen LogP contribution in [0, 0.1) is 19.8 Å². The van der Waals surface area contributed by atoms with Gasteiger partial charge in [0.25, 0.3) is 0 Å². The molecule has 1 nitrogen and oxygen atoms in total. The van der Waals surface area contributed by atoms with Crippen LogP contribution in [0.1, 0.15) is 35.6 Å². The lowest BCUT2D eigenvalue weighted by Crippen LogP contribution is -2.41. The molecular weight excluding hydrogens is 239 g/mol. The smallest absolute Gasteiger partial charge is 0.309 e. The molecule has 100 valence electrons. The fourth-order valence-electron chi connectivity index (χ4n) is 2.55. The van der Waals surface area contributed by atoms with E-state index < -0.39 is 18.1 Å². The van der Waals surface area contributed by atoms with Gasteiger partial charge >= 0.3 is 6.18 Å². The number of alkyl halides is 3. The lowest BCUT2D eigenvalue weighted by molar-refractivity contribution is -0.189. The zero-order valence-electron chi connectivity index (χ0n) is 10.6. The van der Waals surface area contributed by atoms with Gasteiger partial charge in [0.2, 0.25) is 0 Å². The summed E-state index contributed by atoms with van der Waals surface area (Å²) in [6.45, 7) is 4.56. The molecule has 0 radical (unpaired) electrons. The normalized spacial score (nSPS) is 25.2. The number of hydrogen-bond acceptors (Lipinski definition) is 1. The summed E-state index contributed by atoms with van der Waals surface area (Å²) in [5.74, 6) is -1.27. The van der Waals surface area contributed by atoms with E-state index in [1.165, 1.54) is 0 Å². The van der Waals surface area contributed by atoms with Gasteiger partial charge < -0.3 is 5.32 Å². The van der Waals surface area contributed by atoms with Crippen LogP contribution in [-0.4, -0.2) is 12.7 Å². The van der Waals surface area contributed by atoms with Gasteiger partial charge in [0, 0.05) is 6.04 Å². The maximum absolute atomic E-state index is 13.0. The van der Waals surface area contributed by atoms with Crippen molar-refractivity contribution in [2.45, 2.75) is 38.9 Å². The van der Waals surface area contributed by atoms with Gasteiger partial charge in [-0.3, -0.25) is 0 Å². The molecular formula is C14H18F3N. The fourth-order valence-corrected chi connectivity index (χ4v) is 2.55. The zero-order valence-corrected chi connectivity index (χ0v) is 10.6. The van der Waals surface area contributed by atoms with Gasteiger partial charge in [0.05, 0.1) is 5.92 Å². The fraction of sp³-hybridized carbons (Fsp3) is 0.571. The Morgan fingerprint density at radius 3 is 2.50 bits per heavy atom. The topological polar surface area (TPSA) is 12.0 Å². The highest BCUT2D eigenvalue weighted by atomic mass is 19.4. The third kappa shape index (κ3) is 2.69. The molecule has 1 aromatic rings. The van der Waals surface area contributed by atoms with Crippen LogP contribution in [0.4, 0.5) is 13.2 Å². The molecule has 1 aliphatic rings. The summed E-state index contributed by atoms with van der Waals surface area (Å²) < 4.78 is 39.1. The summed E-state index contributed by atoms with van der Waals surface area (Å²) in [6, 6.07) is 4.98. The molecule has 0 spiro atoms. The van der Waals surface area contributed by atoms with Gasteiger partial charge in [-0.15, -0.1) is 0 Å². The van der Waals surface area contributed by atoms with Crippen molar-refractivity contribution in [1.29, 1.82) is 0 Å². The highest BCUT2D eigenvalue weighted by Crippen LogP contribution is 2.41. The SMILES string of the molecule is Cc1ccc(C2NCCCC2C(F)(F)F)cc1C. The first-order valence-electron chi connectivity index (χ1n) is 6.27. The van der Waals surface area contributed by atoms with E-state index in [0.717, 1.165) is 16.7 Å². The Bertz CT molecular complexity index is 426. The van der Waals surface area contributed by atoms with Crippen LogP contribution in [0.2, 0.25) is 0 Å². The van der Waals surface area contributed by atoms with Crippen LogP contribution in [0.3, 0.4) is 0 Å². The predicted octanol–water partition coefficient (Wildman–Crippen LogP) is 3.91. The minimum atomic E-state index is -4.13. The Hall–Kier alpha value is -1.03. The largest absolute Gasteiger partial charge is 0.393 e. The van der Waals surface area contributed by atoms with Crippen molar-refractivity contribution >= 4 is 0 Å². The number of piperidine rings is 1. The van der Waals surface area contributed by atoms with E-state index in [4.69, 9.17) is 0 Å². The molecule has 18 heavy (non-hydrogen) atoms. The second-order valence-corrected chi connectivity index (χ2v) is 5.07. The van der Waals surface area contributed by atoms with E-state index in [9.17, 15) is 13.2 Å². The van der Waals surface area contributed by atoms with Crippen molar-refractivity contribution in [3.05, 3.63) is 34.9 Å². The summed E-state index contributed by atoms with van der Waals surface area (Å²) in [5, 5.41) is 3.02. The van der Waals surface area contributed by atoms with E-state index in [-0.39, 0.29) is 6.42 Å². The molecule has 0 aromatic heterocycles. The monoisotopic (exact) mass is 257 g/mol. The van der Waals surface area contributed by atoms with E-state index in [2.05, 4.69) is 5.32 Å². The molecule has 1 N–H and O–H groups in total. The number of halogens is 3. The third-order valence-corrected chi connectivity index (χ3v) is 3.77. The molecule has 0 saturated carbocycles. The minimum absolute atomic E-state index is 0.216. The quantitative estimate of drug-likeness (QED) is 0.804. The molecule has 2 unspecified atom stereocenters. The molecule has 0 aliphatic carbocycles. The Kier molecular flexibility index (Phi) is 3.66. The summed E-state index contributed by atoms with van der Waals surface area (Å²) in [6.07, 6.45) is -3.32. The molecule has 1 aromatic carbocycles. The lowest BCUT2D eigenvalue weighted by Gasteiger charge is -2.34. The van der Waals surface area contributed by atoms with E-state index in [1.54, 1.807) is 0 Å². The van der Waals surface area contributed by atoms with Crippen LogP contribution >= 0.6 is 0 Å². The maximum atomic E-state index is 13.0. The Balaban J connectivity index is 2.31. The number of rotatable bonds is 1. The molecule has 1 heterocycles. The Labute approximate surface area is 105 Å². The molecule has 1 fully saturated rings. The van der Waals surface area contributed by atoms with Gasteiger partial charge in [-0.1, -0.05) is 18.2 Å². The van der Waals surface area contributed by atoms with Gasteiger partial charge in [-0.25, -0.2) is 0 Å². The van der Waals surface area contributed by atoms with E-state index in [1.807, 2.05) is 32.0 Å². The van der Waals surface area contributed by atoms with Crippen LogP contribution in [-0.2, 0) is 0 Å². The van der Waals surface area contributed by atoms with Gasteiger partial charge in [0.1, 0.15) is 0 Å². The molecule has 4 heteroatoms. The number of aryl methyl sites for hydroxylation is 2. The Morgan fingerprint density at radius 1 is 1.17 bits per heavy atom. The average Bonchev–Trinajstić information content (AvgIpc) is 2.32. The summed E-state index contributed by atoms with van der Waals surface area (Å²) >= 11 is 0. The van der Waals surface area contributed by atoms with Crippen molar-refractivity contribution in [3.8, 4) is 0 Å². The standard InChI is InChI=1S/C14H18F3N/c1-9-5-6-11(8-10(9)2)13-12(14(15,16)17)4-3-7-18-13/h5-6,8,12-13,18H,3-4,7H2,1-2H3. The first-order valence-corrected chi connectivity index (χ1v) is 6.27. The first-order chi connectivity index (χ1) is 8.39. The molecule has 0 amide bonds. The van der Waals surface area contributed by atoms with E-state index in [0.29, 0.717) is 13.0 Å². The number of hydrogen-bond donors (Lipinski definition) is 1. The van der Waals surface area contributed by atoms with Crippen molar-refractivity contribution in [3.63, 3.8) is 0 Å². The second kappa shape index (κ2) is 4.92. The molecule has 2 rings (SSSR count). The van der Waals surface area contributed by atoms with Gasteiger partial charge in [-0.2, -0.15) is 13.2 Å². The van der Waals surface area contributed by atoms with Crippen molar-refractivity contribution in [2.24, 2.45) is 5.92 Å². The molecule has 1 saturated heterocycles. The Morgan fingerprint density at radius 2 is 1.89 bits per heavy atom. The minimum Gasteiger partial charge on any atom is -0.309 e. The summed E-state index contributed by atoms with van der Waals surface area (Å²) in [7, 11) is 0. The first kappa shape index (κ1) is 13.4. The van der Waals surface area contributed by atoms with Crippen LogP contribution < -0.4 is 5.32 Å². The molecule has 2 atom stereocenters. The number of benzene rings is 1. The van der Waals surface area contributed by atoms with Crippen molar-refractivity contribution in [1.82, 2.24) is 5.32 Å². The van der Waals surface area contributed by atoms with Gasteiger partial charge in [0.15, 0.2) is 0 Å². The van der Waals surface area contributed by atoms with Crippen LogP contribution in [0.25, 0.3) is 0 Å². The maximum Gasteiger partial charge on any atom is 0.393 e. The van der Waals surface area contributed by atoms with Crippen LogP contribution in [0.5, 0.6) is 0 Å².